The van der Waals surface area contributed by atoms with Gasteiger partial charge in [-0.2, -0.15) is 0 Å². The van der Waals surface area contributed by atoms with Gasteiger partial charge in [-0.05, 0) is 24.1 Å². The molecule has 116 valence electrons. The number of carboxylic acid groups (broad SMARTS) is 1. The molecule has 0 aromatic heterocycles. The highest BCUT2D eigenvalue weighted by Gasteiger charge is 2.06. The molecule has 1 aromatic carbocycles. The molecule has 0 saturated carbocycles. The second-order valence-electron chi connectivity index (χ2n) is 4.36. The Labute approximate surface area is 120 Å². The number of anilines is 1. The summed E-state index contributed by atoms with van der Waals surface area (Å²) in [6.45, 7) is -0.757. The summed E-state index contributed by atoms with van der Waals surface area (Å²) in [5.74, 6) is -1.24. The van der Waals surface area contributed by atoms with Gasteiger partial charge in [-0.15, -0.1) is 0 Å². The van der Waals surface area contributed by atoms with Crippen molar-refractivity contribution in [1.29, 1.82) is 0 Å². The fourth-order valence-corrected chi connectivity index (χ4v) is 1.62. The molecule has 0 atom stereocenters. The molecule has 1 rings (SSSR count). The number of amides is 1. The quantitative estimate of drug-likeness (QED) is 0.686. The third kappa shape index (κ3) is 7.98. The lowest BCUT2D eigenvalue weighted by Crippen LogP contribution is -2.15. The maximum atomic E-state index is 11.8. The minimum Gasteiger partial charge on any atom is -0.481 e. The number of carbonyl (C=O) groups is 2. The molecule has 0 bridgehead atoms. The first-order valence-corrected chi connectivity index (χ1v) is 6.44. The van der Waals surface area contributed by atoms with Gasteiger partial charge in [0, 0.05) is 12.1 Å². The number of nitrogens with one attached hydrogen (secondary N) is 1. The number of carbonyl (C=O) groups excluding carboxylic acids is 1. The minimum atomic E-state index is -2.54. The van der Waals surface area contributed by atoms with Gasteiger partial charge in [-0.1, -0.05) is 12.1 Å². The van der Waals surface area contributed by atoms with Crippen LogP contribution in [0.5, 0.6) is 0 Å². The molecule has 0 radical (unpaired) electrons. The lowest BCUT2D eigenvalue weighted by molar-refractivity contribution is -0.137. The van der Waals surface area contributed by atoms with E-state index in [1.807, 2.05) is 0 Å². The van der Waals surface area contributed by atoms with Gasteiger partial charge in [0.1, 0.15) is 6.61 Å². The Morgan fingerprint density at radius 1 is 1.29 bits per heavy atom. The molecule has 1 aromatic rings. The number of aliphatic carboxylic acids is 1. The van der Waals surface area contributed by atoms with Crippen LogP contribution < -0.4 is 5.32 Å². The van der Waals surface area contributed by atoms with E-state index in [9.17, 15) is 18.4 Å². The Hall–Kier alpha value is -2.02. The van der Waals surface area contributed by atoms with Gasteiger partial charge in [-0.25, -0.2) is 8.78 Å². The smallest absolute Gasteiger partial charge is 0.303 e. The van der Waals surface area contributed by atoms with E-state index >= 15 is 0 Å². The first-order chi connectivity index (χ1) is 9.97. The molecule has 0 fully saturated rings. The van der Waals surface area contributed by atoms with Crippen molar-refractivity contribution in [1.82, 2.24) is 0 Å². The van der Waals surface area contributed by atoms with E-state index in [0.717, 1.165) is 5.56 Å². The van der Waals surface area contributed by atoms with Crippen molar-refractivity contribution in [2.75, 3.05) is 18.5 Å². The van der Waals surface area contributed by atoms with E-state index in [0.29, 0.717) is 12.1 Å². The molecule has 7 heteroatoms. The summed E-state index contributed by atoms with van der Waals surface area (Å²) in [7, 11) is 0. The summed E-state index contributed by atoms with van der Waals surface area (Å²) in [6.07, 6.45) is -2.18. The fraction of sp³-hybridized carbons (Fsp3) is 0.429. The molecule has 0 spiro atoms. The van der Waals surface area contributed by atoms with Crippen LogP contribution in [0, 0.1) is 0 Å². The lowest BCUT2D eigenvalue weighted by Gasteiger charge is -2.07. The van der Waals surface area contributed by atoms with Crippen molar-refractivity contribution in [3.63, 3.8) is 0 Å². The van der Waals surface area contributed by atoms with Gasteiger partial charge >= 0.3 is 5.97 Å². The van der Waals surface area contributed by atoms with E-state index in [1.54, 1.807) is 24.3 Å². The maximum Gasteiger partial charge on any atom is 0.303 e. The normalized spacial score (nSPS) is 10.6. The van der Waals surface area contributed by atoms with Crippen molar-refractivity contribution in [2.24, 2.45) is 0 Å². The average Bonchev–Trinajstić information content (AvgIpc) is 2.41. The molecule has 0 aliphatic rings. The SMILES string of the molecule is O=C(O)CCc1cccc(NC(=O)CCOCC(F)F)c1. The molecule has 0 heterocycles. The van der Waals surface area contributed by atoms with Crippen molar-refractivity contribution >= 4 is 17.6 Å². The number of halogens is 2. The molecule has 5 nitrogen and oxygen atoms in total. The highest BCUT2D eigenvalue weighted by molar-refractivity contribution is 5.90. The van der Waals surface area contributed by atoms with Crippen LogP contribution in [-0.4, -0.2) is 36.6 Å². The minimum absolute atomic E-state index is 0.0128. The molecular weight excluding hydrogens is 284 g/mol. The number of hydrogen-bond acceptors (Lipinski definition) is 3. The summed E-state index contributed by atoms with van der Waals surface area (Å²) >= 11 is 0. The van der Waals surface area contributed by atoms with Crippen LogP contribution in [0.1, 0.15) is 18.4 Å². The third-order valence-corrected chi connectivity index (χ3v) is 2.56. The predicted octanol–water partition coefficient (Wildman–Crippen LogP) is 2.31. The van der Waals surface area contributed by atoms with Crippen molar-refractivity contribution < 1.29 is 28.2 Å². The summed E-state index contributed by atoms with van der Waals surface area (Å²) in [5.41, 5.74) is 1.33. The van der Waals surface area contributed by atoms with Crippen molar-refractivity contribution in [3.8, 4) is 0 Å². The van der Waals surface area contributed by atoms with Crippen LogP contribution in [0.25, 0.3) is 0 Å². The number of carboxylic acids is 1. The zero-order chi connectivity index (χ0) is 15.7. The lowest BCUT2D eigenvalue weighted by atomic mass is 10.1. The number of alkyl halides is 2. The first-order valence-electron chi connectivity index (χ1n) is 6.44. The van der Waals surface area contributed by atoms with Gasteiger partial charge in [0.15, 0.2) is 0 Å². The summed E-state index contributed by atoms with van der Waals surface area (Å²) < 4.78 is 28.2. The highest BCUT2D eigenvalue weighted by atomic mass is 19.3. The number of ether oxygens (including phenoxy) is 1. The van der Waals surface area contributed by atoms with E-state index in [4.69, 9.17) is 5.11 Å². The average molecular weight is 301 g/mol. The van der Waals surface area contributed by atoms with Crippen LogP contribution >= 0.6 is 0 Å². The predicted molar refractivity (Wildman–Crippen MR) is 72.5 cm³/mol. The second kappa shape index (κ2) is 9.02. The van der Waals surface area contributed by atoms with Crippen molar-refractivity contribution in [2.45, 2.75) is 25.7 Å². The molecule has 0 aliphatic heterocycles. The van der Waals surface area contributed by atoms with Crippen LogP contribution in [0.15, 0.2) is 24.3 Å². The van der Waals surface area contributed by atoms with E-state index in [1.165, 1.54) is 0 Å². The molecule has 1 amide bonds. The Morgan fingerprint density at radius 2 is 2.05 bits per heavy atom. The van der Waals surface area contributed by atoms with Crippen LogP contribution in [0.2, 0.25) is 0 Å². The molecule has 2 N–H and O–H groups in total. The monoisotopic (exact) mass is 301 g/mol. The van der Waals surface area contributed by atoms with Gasteiger partial charge in [-0.3, -0.25) is 9.59 Å². The maximum absolute atomic E-state index is 11.8. The number of benzene rings is 1. The Morgan fingerprint density at radius 3 is 2.71 bits per heavy atom. The van der Waals surface area contributed by atoms with E-state index in [-0.39, 0.29) is 25.4 Å². The molecule has 21 heavy (non-hydrogen) atoms. The molecule has 0 saturated heterocycles. The Bertz CT molecular complexity index is 480. The largest absolute Gasteiger partial charge is 0.481 e. The van der Waals surface area contributed by atoms with E-state index in [2.05, 4.69) is 10.1 Å². The van der Waals surface area contributed by atoms with Crippen LogP contribution in [-0.2, 0) is 20.7 Å². The zero-order valence-electron chi connectivity index (χ0n) is 11.4. The second-order valence-corrected chi connectivity index (χ2v) is 4.36. The summed E-state index contributed by atoms with van der Waals surface area (Å²) in [6, 6.07) is 6.83. The van der Waals surface area contributed by atoms with Crippen LogP contribution in [0.4, 0.5) is 14.5 Å². The summed E-state index contributed by atoms with van der Waals surface area (Å²) in [5, 5.41) is 11.2. The summed E-state index contributed by atoms with van der Waals surface area (Å²) in [4.78, 5) is 22.1. The standard InChI is InChI=1S/C14H17F2NO4/c15-12(16)9-21-7-6-13(18)17-11-3-1-2-10(8-11)4-5-14(19)20/h1-3,8,12H,4-7,9H2,(H,17,18)(H,19,20). The van der Waals surface area contributed by atoms with Gasteiger partial charge in [0.25, 0.3) is 6.43 Å². The van der Waals surface area contributed by atoms with Crippen LogP contribution in [0.3, 0.4) is 0 Å². The fourth-order valence-electron chi connectivity index (χ4n) is 1.62. The van der Waals surface area contributed by atoms with E-state index < -0.39 is 19.0 Å². The molecule has 0 aliphatic carbocycles. The zero-order valence-corrected chi connectivity index (χ0v) is 11.4. The van der Waals surface area contributed by atoms with Gasteiger partial charge < -0.3 is 15.2 Å². The number of rotatable bonds is 9. The Kier molecular flexibility index (Phi) is 7.31. The van der Waals surface area contributed by atoms with Crippen molar-refractivity contribution in [3.05, 3.63) is 29.8 Å². The van der Waals surface area contributed by atoms with Gasteiger partial charge in [0.2, 0.25) is 5.91 Å². The highest BCUT2D eigenvalue weighted by Crippen LogP contribution is 2.12. The topological polar surface area (TPSA) is 75.6 Å². The first kappa shape index (κ1) is 17.0. The molecule has 0 unspecified atom stereocenters. The third-order valence-electron chi connectivity index (χ3n) is 2.56. The number of aryl methyl sites for hydroxylation is 1. The Balaban J connectivity index is 2.38. The number of hydrogen-bond donors (Lipinski definition) is 2. The molecular formula is C14H17F2NO4. The van der Waals surface area contributed by atoms with Gasteiger partial charge in [0.05, 0.1) is 13.0 Å².